The van der Waals surface area contributed by atoms with Crippen molar-refractivity contribution in [3.05, 3.63) is 11.8 Å². The maximum Gasteiger partial charge on any atom is 0.265 e. The Morgan fingerprint density at radius 3 is 2.72 bits per heavy atom. The fourth-order valence-electron chi connectivity index (χ4n) is 2.20. The van der Waals surface area contributed by atoms with Crippen molar-refractivity contribution in [2.45, 2.75) is 38.1 Å². The molecule has 1 aliphatic rings. The molecule has 5 nitrogen and oxygen atoms in total. The molecule has 2 N–H and O–H groups in total. The van der Waals surface area contributed by atoms with Gasteiger partial charge in [-0.15, -0.1) is 0 Å². The van der Waals surface area contributed by atoms with Gasteiger partial charge in [0.25, 0.3) is 5.91 Å². The van der Waals surface area contributed by atoms with E-state index in [0.717, 1.165) is 25.7 Å². The molecule has 1 amide bonds. The van der Waals surface area contributed by atoms with Crippen LogP contribution in [0.5, 0.6) is 0 Å². The minimum Gasteiger partial charge on any atom is -0.395 e. The van der Waals surface area contributed by atoms with Gasteiger partial charge in [-0.3, -0.25) is 4.79 Å². The summed E-state index contributed by atoms with van der Waals surface area (Å²) in [6.45, 7) is 0.313. The Balaban J connectivity index is 2.59. The second-order valence-electron chi connectivity index (χ2n) is 4.56. The Kier molecular flexibility index (Phi) is 6.23. The second-order valence-corrected chi connectivity index (χ2v) is 4.56. The van der Waals surface area contributed by atoms with E-state index in [1.54, 1.807) is 11.9 Å². The Hall–Kier alpha value is -1.54. The minimum absolute atomic E-state index is 0.0259. The van der Waals surface area contributed by atoms with Crippen molar-refractivity contribution >= 4 is 5.91 Å². The van der Waals surface area contributed by atoms with Crippen LogP contribution in [0.4, 0.5) is 0 Å². The van der Waals surface area contributed by atoms with Gasteiger partial charge in [-0.1, -0.05) is 19.3 Å². The number of rotatable bonds is 5. The smallest absolute Gasteiger partial charge is 0.265 e. The number of nitrogens with one attached hydrogen (secondary N) is 1. The third-order valence-corrected chi connectivity index (χ3v) is 3.30. The largest absolute Gasteiger partial charge is 0.395 e. The van der Waals surface area contributed by atoms with E-state index < -0.39 is 0 Å². The lowest BCUT2D eigenvalue weighted by Crippen LogP contribution is -2.39. The van der Waals surface area contributed by atoms with Crippen molar-refractivity contribution < 1.29 is 9.90 Å². The molecule has 18 heavy (non-hydrogen) atoms. The number of aliphatic hydroxyl groups excluding tert-OH is 1. The van der Waals surface area contributed by atoms with Gasteiger partial charge in [0, 0.05) is 25.8 Å². The van der Waals surface area contributed by atoms with Crippen molar-refractivity contribution in [2.75, 3.05) is 20.2 Å². The van der Waals surface area contributed by atoms with Crippen molar-refractivity contribution in [2.24, 2.45) is 0 Å². The highest BCUT2D eigenvalue weighted by molar-refractivity contribution is 5.97. The Bertz CT molecular complexity index is 341. The molecule has 0 aromatic rings. The van der Waals surface area contributed by atoms with Crippen molar-refractivity contribution in [1.29, 1.82) is 5.26 Å². The number of carbonyl (C=O) groups excluding carboxylic acids is 1. The maximum absolute atomic E-state index is 12.1. The van der Waals surface area contributed by atoms with Crippen LogP contribution in [0.2, 0.25) is 0 Å². The first-order chi connectivity index (χ1) is 8.70. The van der Waals surface area contributed by atoms with E-state index in [-0.39, 0.29) is 24.1 Å². The lowest BCUT2D eigenvalue weighted by Gasteiger charge is -2.31. The highest BCUT2D eigenvalue weighted by Gasteiger charge is 2.24. The molecule has 0 radical (unpaired) electrons. The van der Waals surface area contributed by atoms with Crippen LogP contribution in [0.15, 0.2) is 11.8 Å². The van der Waals surface area contributed by atoms with Crippen molar-refractivity contribution in [3.63, 3.8) is 0 Å². The molecule has 0 bridgehead atoms. The van der Waals surface area contributed by atoms with E-state index >= 15 is 0 Å². The molecule has 0 aliphatic heterocycles. The summed E-state index contributed by atoms with van der Waals surface area (Å²) in [6.07, 6.45) is 6.96. The number of carbonyl (C=O) groups is 1. The molecule has 5 heteroatoms. The lowest BCUT2D eigenvalue weighted by molar-refractivity contribution is -0.128. The number of hydrogen-bond donors (Lipinski definition) is 2. The molecule has 1 fully saturated rings. The molecule has 0 aromatic carbocycles. The van der Waals surface area contributed by atoms with Gasteiger partial charge in [0.1, 0.15) is 11.6 Å². The number of likely N-dealkylation sites (N-methyl/N-ethyl adjacent to an activating group) is 1. The van der Waals surface area contributed by atoms with E-state index in [4.69, 9.17) is 10.4 Å². The number of amides is 1. The zero-order chi connectivity index (χ0) is 13.4. The van der Waals surface area contributed by atoms with E-state index in [1.165, 1.54) is 12.6 Å². The highest BCUT2D eigenvalue weighted by Crippen LogP contribution is 2.22. The average Bonchev–Trinajstić information content (AvgIpc) is 2.43. The average molecular weight is 251 g/mol. The zero-order valence-corrected chi connectivity index (χ0v) is 10.9. The summed E-state index contributed by atoms with van der Waals surface area (Å²) < 4.78 is 0. The molecule has 0 unspecified atom stereocenters. The predicted molar refractivity (Wildman–Crippen MR) is 68.4 cm³/mol. The molecule has 0 spiro atoms. The van der Waals surface area contributed by atoms with Gasteiger partial charge in [0.2, 0.25) is 0 Å². The number of hydrogen-bond acceptors (Lipinski definition) is 4. The molecular formula is C13H21N3O2. The fraction of sp³-hybridized carbons (Fsp3) is 0.692. The first kappa shape index (κ1) is 14.5. The Morgan fingerprint density at radius 2 is 2.17 bits per heavy atom. The van der Waals surface area contributed by atoms with Crippen LogP contribution in [0, 0.1) is 11.3 Å². The number of nitriles is 1. The molecule has 1 rings (SSSR count). The van der Waals surface area contributed by atoms with Gasteiger partial charge >= 0.3 is 0 Å². The van der Waals surface area contributed by atoms with Gasteiger partial charge in [-0.2, -0.15) is 5.26 Å². The summed E-state index contributed by atoms with van der Waals surface area (Å²) >= 11 is 0. The maximum atomic E-state index is 12.1. The van der Waals surface area contributed by atoms with Crippen LogP contribution in [0.3, 0.4) is 0 Å². The monoisotopic (exact) mass is 251 g/mol. The minimum atomic E-state index is -0.241. The van der Waals surface area contributed by atoms with Gasteiger partial charge in [0.15, 0.2) is 0 Å². The summed E-state index contributed by atoms with van der Waals surface area (Å²) in [5, 5.41) is 20.4. The van der Waals surface area contributed by atoms with Crippen LogP contribution in [0.1, 0.15) is 32.1 Å². The summed E-state index contributed by atoms with van der Waals surface area (Å²) in [7, 11) is 1.76. The highest BCUT2D eigenvalue weighted by atomic mass is 16.3. The van der Waals surface area contributed by atoms with E-state index in [9.17, 15) is 4.79 Å². The first-order valence-electron chi connectivity index (χ1n) is 6.42. The molecule has 1 saturated carbocycles. The number of aliphatic hydroxyl groups is 1. The van der Waals surface area contributed by atoms with Gasteiger partial charge in [-0.25, -0.2) is 0 Å². The number of nitrogens with zero attached hydrogens (tertiary/aromatic N) is 2. The van der Waals surface area contributed by atoms with E-state index in [0.29, 0.717) is 6.54 Å². The quantitative estimate of drug-likeness (QED) is 0.430. The topological polar surface area (TPSA) is 76.4 Å². The van der Waals surface area contributed by atoms with Gasteiger partial charge in [-0.05, 0) is 12.8 Å². The molecule has 0 heterocycles. The summed E-state index contributed by atoms with van der Waals surface area (Å²) in [4.78, 5) is 13.8. The van der Waals surface area contributed by atoms with Crippen LogP contribution in [0.25, 0.3) is 0 Å². The van der Waals surface area contributed by atoms with Crippen molar-refractivity contribution in [3.8, 4) is 6.07 Å². The normalized spacial score (nSPS) is 17.1. The van der Waals surface area contributed by atoms with Gasteiger partial charge in [0.05, 0.1) is 6.61 Å². The molecular weight excluding hydrogens is 230 g/mol. The van der Waals surface area contributed by atoms with Crippen LogP contribution >= 0.6 is 0 Å². The Labute approximate surface area is 108 Å². The van der Waals surface area contributed by atoms with Gasteiger partial charge < -0.3 is 15.3 Å². The molecule has 1 aliphatic carbocycles. The first-order valence-corrected chi connectivity index (χ1v) is 6.42. The zero-order valence-electron chi connectivity index (χ0n) is 10.9. The van der Waals surface area contributed by atoms with Crippen molar-refractivity contribution in [1.82, 2.24) is 10.2 Å². The third-order valence-electron chi connectivity index (χ3n) is 3.30. The summed E-state index contributed by atoms with van der Waals surface area (Å²) in [5.41, 5.74) is 0.0940. The van der Waals surface area contributed by atoms with Crippen LogP contribution in [-0.4, -0.2) is 42.2 Å². The predicted octanol–water partition coefficient (Wildman–Crippen LogP) is 0.767. The third kappa shape index (κ3) is 4.04. The lowest BCUT2D eigenvalue weighted by atomic mass is 9.94. The fourth-order valence-corrected chi connectivity index (χ4v) is 2.20. The summed E-state index contributed by atoms with van der Waals surface area (Å²) in [6, 6.07) is 2.16. The SMILES string of the molecule is CN(C(=O)/C(C#N)=C\NCCO)C1CCCCC1. The second kappa shape index (κ2) is 7.72. The standard InChI is InChI=1S/C13H21N3O2/c1-16(12-5-3-2-4-6-12)13(18)11(9-14)10-15-7-8-17/h10,12,15,17H,2-8H2,1H3/b11-10-. The summed E-state index contributed by atoms with van der Waals surface area (Å²) in [5.74, 6) is -0.241. The van der Waals surface area contributed by atoms with E-state index in [2.05, 4.69) is 5.32 Å². The molecule has 100 valence electrons. The van der Waals surface area contributed by atoms with Crippen LogP contribution in [-0.2, 0) is 4.79 Å². The molecule has 0 aromatic heterocycles. The molecule has 0 saturated heterocycles. The van der Waals surface area contributed by atoms with Crippen LogP contribution < -0.4 is 5.32 Å². The van der Waals surface area contributed by atoms with E-state index in [1.807, 2.05) is 6.07 Å². The molecule has 0 atom stereocenters. The Morgan fingerprint density at radius 1 is 1.50 bits per heavy atom.